The summed E-state index contributed by atoms with van der Waals surface area (Å²) in [5.41, 5.74) is 8.58. The van der Waals surface area contributed by atoms with E-state index in [2.05, 4.69) is 5.32 Å². The molecule has 5 heteroatoms. The van der Waals surface area contributed by atoms with Gasteiger partial charge in [0.25, 0.3) is 5.91 Å². The first-order valence-electron chi connectivity index (χ1n) is 6.99. The molecule has 0 fully saturated rings. The van der Waals surface area contributed by atoms with Crippen LogP contribution in [0.4, 0.5) is 4.39 Å². The number of hydrogen-bond donors (Lipinski definition) is 2. The molecule has 112 valence electrons. The van der Waals surface area contributed by atoms with Gasteiger partial charge in [0, 0.05) is 23.2 Å². The van der Waals surface area contributed by atoms with Crippen LogP contribution in [0.25, 0.3) is 11.1 Å². The molecular formula is C17H15FN2O2. The molecule has 2 amide bonds. The quantitative estimate of drug-likeness (QED) is 0.892. The van der Waals surface area contributed by atoms with Gasteiger partial charge >= 0.3 is 0 Å². The van der Waals surface area contributed by atoms with E-state index in [9.17, 15) is 14.0 Å². The Morgan fingerprint density at radius 3 is 2.73 bits per heavy atom. The molecule has 1 heterocycles. The Morgan fingerprint density at radius 1 is 1.23 bits per heavy atom. The molecule has 0 aliphatic carbocycles. The first kappa shape index (κ1) is 14.3. The summed E-state index contributed by atoms with van der Waals surface area (Å²) >= 11 is 0. The molecule has 1 aliphatic rings. The van der Waals surface area contributed by atoms with Gasteiger partial charge in [-0.3, -0.25) is 9.59 Å². The molecule has 0 aromatic heterocycles. The number of halogens is 1. The number of benzene rings is 2. The smallest absolute Gasteiger partial charge is 0.251 e. The molecule has 0 bridgehead atoms. The fraction of sp³-hybridized carbons (Fsp3) is 0.176. The van der Waals surface area contributed by atoms with Gasteiger partial charge in [0.15, 0.2) is 0 Å². The number of primary amides is 1. The Balaban J connectivity index is 2.29. The van der Waals surface area contributed by atoms with Crippen LogP contribution in [0, 0.1) is 12.7 Å². The van der Waals surface area contributed by atoms with Crippen molar-refractivity contribution in [2.24, 2.45) is 5.73 Å². The Labute approximate surface area is 127 Å². The molecule has 0 radical (unpaired) electrons. The maximum Gasteiger partial charge on any atom is 0.251 e. The van der Waals surface area contributed by atoms with E-state index in [0.29, 0.717) is 40.8 Å². The van der Waals surface area contributed by atoms with Gasteiger partial charge in [-0.25, -0.2) is 4.39 Å². The highest BCUT2D eigenvalue weighted by Crippen LogP contribution is 2.33. The molecule has 0 saturated heterocycles. The Hall–Kier alpha value is -2.69. The van der Waals surface area contributed by atoms with Crippen molar-refractivity contribution in [2.75, 3.05) is 6.54 Å². The van der Waals surface area contributed by atoms with E-state index in [1.54, 1.807) is 18.2 Å². The molecule has 0 spiro atoms. The molecule has 4 nitrogen and oxygen atoms in total. The third kappa shape index (κ3) is 2.24. The number of rotatable bonds is 2. The van der Waals surface area contributed by atoms with Crippen molar-refractivity contribution in [3.8, 4) is 11.1 Å². The summed E-state index contributed by atoms with van der Waals surface area (Å²) in [7, 11) is 0. The zero-order valence-electron chi connectivity index (χ0n) is 12.1. The standard InChI is InChI=1S/C17H15FN2O2/c1-9-2-3-10(16(19)21)8-13(9)15-11-6-7-20-17(22)12(11)4-5-14(15)18/h2-5,8H,6-7H2,1H3,(H2,19,21)(H,20,22). The van der Waals surface area contributed by atoms with Crippen molar-refractivity contribution >= 4 is 11.8 Å². The van der Waals surface area contributed by atoms with Gasteiger partial charge in [-0.2, -0.15) is 0 Å². The average Bonchev–Trinajstić information content (AvgIpc) is 2.48. The van der Waals surface area contributed by atoms with Crippen LogP contribution in [0.3, 0.4) is 0 Å². The van der Waals surface area contributed by atoms with Crippen LogP contribution in [0.1, 0.15) is 31.8 Å². The van der Waals surface area contributed by atoms with Crippen LogP contribution in [0.15, 0.2) is 30.3 Å². The maximum atomic E-state index is 14.5. The molecule has 3 rings (SSSR count). The number of fused-ring (bicyclic) bond motifs is 1. The summed E-state index contributed by atoms with van der Waals surface area (Å²) in [6.45, 7) is 2.30. The molecule has 22 heavy (non-hydrogen) atoms. The van der Waals surface area contributed by atoms with E-state index >= 15 is 0 Å². The lowest BCUT2D eigenvalue weighted by atomic mass is 9.88. The second kappa shape index (κ2) is 5.26. The van der Waals surface area contributed by atoms with Crippen molar-refractivity contribution in [1.29, 1.82) is 0 Å². The zero-order valence-corrected chi connectivity index (χ0v) is 12.1. The molecule has 0 atom stereocenters. The highest BCUT2D eigenvalue weighted by Gasteiger charge is 2.23. The molecular weight excluding hydrogens is 283 g/mol. The monoisotopic (exact) mass is 298 g/mol. The lowest BCUT2D eigenvalue weighted by molar-refractivity contribution is 0.0944. The predicted octanol–water partition coefficient (Wildman–Crippen LogP) is 2.19. The van der Waals surface area contributed by atoms with Crippen molar-refractivity contribution in [2.45, 2.75) is 13.3 Å². The van der Waals surface area contributed by atoms with Crippen molar-refractivity contribution < 1.29 is 14.0 Å². The molecule has 3 N–H and O–H groups in total. The van der Waals surface area contributed by atoms with Crippen molar-refractivity contribution in [3.63, 3.8) is 0 Å². The number of aryl methyl sites for hydroxylation is 1. The van der Waals surface area contributed by atoms with E-state index in [0.717, 1.165) is 5.56 Å². The van der Waals surface area contributed by atoms with E-state index in [1.165, 1.54) is 12.1 Å². The van der Waals surface area contributed by atoms with Crippen molar-refractivity contribution in [1.82, 2.24) is 5.32 Å². The summed E-state index contributed by atoms with van der Waals surface area (Å²) < 4.78 is 14.5. The number of nitrogens with two attached hydrogens (primary N) is 1. The van der Waals surface area contributed by atoms with Gasteiger partial charge in [-0.05, 0) is 54.3 Å². The van der Waals surface area contributed by atoms with Gasteiger partial charge in [0.05, 0.1) is 0 Å². The minimum atomic E-state index is -0.566. The first-order chi connectivity index (χ1) is 10.5. The lowest BCUT2D eigenvalue weighted by Gasteiger charge is -2.21. The van der Waals surface area contributed by atoms with Crippen molar-refractivity contribution in [3.05, 3.63) is 58.4 Å². The highest BCUT2D eigenvalue weighted by molar-refractivity contribution is 5.99. The summed E-state index contributed by atoms with van der Waals surface area (Å²) in [4.78, 5) is 23.3. The van der Waals surface area contributed by atoms with Crippen LogP contribution < -0.4 is 11.1 Å². The number of amides is 2. The molecule has 2 aromatic carbocycles. The van der Waals surface area contributed by atoms with Crippen LogP contribution in [-0.4, -0.2) is 18.4 Å². The Kier molecular flexibility index (Phi) is 3.41. The second-order valence-electron chi connectivity index (χ2n) is 5.35. The SMILES string of the molecule is Cc1ccc(C(N)=O)cc1-c1c(F)ccc2c1CCNC2=O. The number of carbonyl (C=O) groups is 2. The van der Waals surface area contributed by atoms with Crippen LogP contribution in [0.2, 0.25) is 0 Å². The topological polar surface area (TPSA) is 72.2 Å². The minimum Gasteiger partial charge on any atom is -0.366 e. The van der Waals surface area contributed by atoms with Gasteiger partial charge in [0.1, 0.15) is 5.82 Å². The first-order valence-corrected chi connectivity index (χ1v) is 6.99. The third-order valence-corrected chi connectivity index (χ3v) is 3.96. The molecule has 0 saturated carbocycles. The molecule has 1 aliphatic heterocycles. The van der Waals surface area contributed by atoms with E-state index in [-0.39, 0.29) is 5.91 Å². The fourth-order valence-electron chi connectivity index (χ4n) is 2.82. The predicted molar refractivity (Wildman–Crippen MR) is 81.1 cm³/mol. The van der Waals surface area contributed by atoms with Gasteiger partial charge in [-0.15, -0.1) is 0 Å². The third-order valence-electron chi connectivity index (χ3n) is 3.96. The summed E-state index contributed by atoms with van der Waals surface area (Å²) in [6.07, 6.45) is 0.550. The van der Waals surface area contributed by atoms with Gasteiger partial charge in [-0.1, -0.05) is 6.07 Å². The molecule has 0 unspecified atom stereocenters. The number of hydrogen-bond acceptors (Lipinski definition) is 2. The van der Waals surface area contributed by atoms with Gasteiger partial charge < -0.3 is 11.1 Å². The second-order valence-corrected chi connectivity index (χ2v) is 5.35. The largest absolute Gasteiger partial charge is 0.366 e. The van der Waals surface area contributed by atoms with Crippen LogP contribution in [0.5, 0.6) is 0 Å². The summed E-state index contributed by atoms with van der Waals surface area (Å²) in [5.74, 6) is -1.17. The highest BCUT2D eigenvalue weighted by atomic mass is 19.1. The summed E-state index contributed by atoms with van der Waals surface area (Å²) in [5, 5.41) is 2.75. The number of nitrogens with one attached hydrogen (secondary N) is 1. The van der Waals surface area contributed by atoms with Crippen LogP contribution in [-0.2, 0) is 6.42 Å². The Bertz CT molecular complexity index is 799. The van der Waals surface area contributed by atoms with Crippen LogP contribution >= 0.6 is 0 Å². The fourth-order valence-corrected chi connectivity index (χ4v) is 2.82. The molecule has 2 aromatic rings. The van der Waals surface area contributed by atoms with E-state index in [4.69, 9.17) is 5.73 Å². The normalized spacial score (nSPS) is 13.5. The maximum absolute atomic E-state index is 14.5. The van der Waals surface area contributed by atoms with Gasteiger partial charge in [0.2, 0.25) is 5.91 Å². The van der Waals surface area contributed by atoms with E-state index in [1.807, 2.05) is 6.92 Å². The lowest BCUT2D eigenvalue weighted by Crippen LogP contribution is -2.32. The zero-order chi connectivity index (χ0) is 15.9. The Morgan fingerprint density at radius 2 is 2.00 bits per heavy atom. The van der Waals surface area contributed by atoms with E-state index < -0.39 is 11.7 Å². The number of carbonyl (C=O) groups excluding carboxylic acids is 2. The average molecular weight is 298 g/mol. The minimum absolute atomic E-state index is 0.203. The summed E-state index contributed by atoms with van der Waals surface area (Å²) in [6, 6.07) is 7.71.